The van der Waals surface area contributed by atoms with Crippen molar-refractivity contribution in [2.45, 2.75) is 31.4 Å². The van der Waals surface area contributed by atoms with Crippen LogP contribution in [0.5, 0.6) is 0 Å². The quantitative estimate of drug-likeness (QED) is 0.740. The van der Waals surface area contributed by atoms with Crippen LogP contribution in [0.25, 0.3) is 0 Å². The molecule has 0 saturated heterocycles. The Balaban J connectivity index is 0.000000758. The van der Waals surface area contributed by atoms with E-state index in [1.165, 1.54) is 0 Å². The van der Waals surface area contributed by atoms with Gasteiger partial charge in [-0.05, 0) is 30.7 Å². The number of hydrogen-bond donors (Lipinski definition) is 2. The first-order chi connectivity index (χ1) is 11.4. The summed E-state index contributed by atoms with van der Waals surface area (Å²) < 4.78 is 107. The SMILES string of the molecule is C[C@H](C(N)=O)c1cc(C(F)(F)F)cc(C(F)(F)F)c1.O=C(O)C(F)(F)F. The second-order valence-electron chi connectivity index (χ2n) is 4.77. The Kier molecular flexibility index (Phi) is 7.08. The lowest BCUT2D eigenvalue weighted by Gasteiger charge is -2.16. The molecule has 0 aliphatic rings. The van der Waals surface area contributed by atoms with Gasteiger partial charge in [0, 0.05) is 0 Å². The van der Waals surface area contributed by atoms with Gasteiger partial charge in [0.15, 0.2) is 0 Å². The molecule has 1 aromatic carbocycles. The molecule has 1 aromatic rings. The zero-order valence-corrected chi connectivity index (χ0v) is 12.6. The van der Waals surface area contributed by atoms with Crippen LogP contribution >= 0.6 is 0 Å². The van der Waals surface area contributed by atoms with Crippen LogP contribution in [0.4, 0.5) is 39.5 Å². The molecular formula is C13H10F9NO3. The number of amides is 1. The summed E-state index contributed by atoms with van der Waals surface area (Å²) in [5.74, 6) is -5.01. The molecule has 0 radical (unpaired) electrons. The molecule has 0 fully saturated rings. The maximum Gasteiger partial charge on any atom is 0.490 e. The molecule has 1 amide bonds. The number of alkyl halides is 9. The van der Waals surface area contributed by atoms with Crippen molar-refractivity contribution >= 4 is 11.9 Å². The lowest BCUT2D eigenvalue weighted by atomic mass is 9.95. The zero-order valence-electron chi connectivity index (χ0n) is 12.6. The number of primary amides is 1. The van der Waals surface area contributed by atoms with Crippen LogP contribution in [0.15, 0.2) is 18.2 Å². The number of aliphatic carboxylic acids is 1. The molecule has 0 unspecified atom stereocenters. The molecule has 0 aliphatic carbocycles. The van der Waals surface area contributed by atoms with E-state index in [9.17, 15) is 44.3 Å². The molecule has 4 nitrogen and oxygen atoms in total. The zero-order chi connectivity index (χ0) is 21.1. The molecule has 26 heavy (non-hydrogen) atoms. The third-order valence-electron chi connectivity index (χ3n) is 2.78. The van der Waals surface area contributed by atoms with Crippen LogP contribution in [0.2, 0.25) is 0 Å². The lowest BCUT2D eigenvalue weighted by molar-refractivity contribution is -0.192. The van der Waals surface area contributed by atoms with Gasteiger partial charge in [-0.15, -0.1) is 0 Å². The highest BCUT2D eigenvalue weighted by atomic mass is 19.4. The summed E-state index contributed by atoms with van der Waals surface area (Å²) in [7, 11) is 0. The van der Waals surface area contributed by atoms with Crippen LogP contribution < -0.4 is 5.73 Å². The molecule has 0 saturated carbocycles. The van der Waals surface area contributed by atoms with E-state index < -0.39 is 53.0 Å². The van der Waals surface area contributed by atoms with Gasteiger partial charge in [0.25, 0.3) is 0 Å². The van der Waals surface area contributed by atoms with E-state index in [0.29, 0.717) is 12.1 Å². The number of carboxylic acids is 1. The minimum atomic E-state index is -5.08. The summed E-state index contributed by atoms with van der Waals surface area (Å²) in [4.78, 5) is 19.8. The number of hydrogen-bond acceptors (Lipinski definition) is 2. The average molecular weight is 399 g/mol. The van der Waals surface area contributed by atoms with E-state index in [4.69, 9.17) is 15.6 Å². The fraction of sp³-hybridized carbons (Fsp3) is 0.385. The first-order valence-electron chi connectivity index (χ1n) is 6.26. The van der Waals surface area contributed by atoms with Gasteiger partial charge in [0.1, 0.15) is 0 Å². The maximum absolute atomic E-state index is 12.5. The summed E-state index contributed by atoms with van der Waals surface area (Å²) >= 11 is 0. The van der Waals surface area contributed by atoms with E-state index in [1.54, 1.807) is 0 Å². The number of carbonyl (C=O) groups excluding carboxylic acids is 1. The smallest absolute Gasteiger partial charge is 0.475 e. The van der Waals surface area contributed by atoms with E-state index in [1.807, 2.05) is 0 Å². The van der Waals surface area contributed by atoms with Crippen molar-refractivity contribution in [3.05, 3.63) is 34.9 Å². The minimum Gasteiger partial charge on any atom is -0.475 e. The highest BCUT2D eigenvalue weighted by Crippen LogP contribution is 2.37. The van der Waals surface area contributed by atoms with Crippen LogP contribution in [0.3, 0.4) is 0 Å². The largest absolute Gasteiger partial charge is 0.490 e. The van der Waals surface area contributed by atoms with E-state index >= 15 is 0 Å². The summed E-state index contributed by atoms with van der Waals surface area (Å²) in [6.07, 6.45) is -15.0. The fourth-order valence-corrected chi connectivity index (χ4v) is 1.39. The molecule has 13 heteroatoms. The Labute approximate surface area is 139 Å². The third kappa shape index (κ3) is 7.19. The highest BCUT2D eigenvalue weighted by Gasteiger charge is 2.38. The molecule has 0 heterocycles. The van der Waals surface area contributed by atoms with Gasteiger partial charge < -0.3 is 10.8 Å². The Morgan fingerprint density at radius 1 is 0.885 bits per heavy atom. The van der Waals surface area contributed by atoms with Gasteiger partial charge in [-0.1, -0.05) is 0 Å². The Bertz CT molecular complexity index is 630. The van der Waals surface area contributed by atoms with Crippen LogP contribution in [-0.2, 0) is 21.9 Å². The van der Waals surface area contributed by atoms with Crippen molar-refractivity contribution in [2.24, 2.45) is 5.73 Å². The first-order valence-corrected chi connectivity index (χ1v) is 6.26. The highest BCUT2D eigenvalue weighted by molar-refractivity contribution is 5.81. The fourth-order valence-electron chi connectivity index (χ4n) is 1.39. The standard InChI is InChI=1S/C11H9F6NO.C2HF3O2/c1-5(9(18)19)6-2-7(10(12,13)14)4-8(3-6)11(15,16)17;3-2(4,5)1(6)7/h2-5H,1H3,(H2,18,19);(H,6,7)/t5-;/m0./s1. The molecule has 3 N–H and O–H groups in total. The summed E-state index contributed by atoms with van der Waals surface area (Å²) in [6.45, 7) is 1.14. The number of rotatable bonds is 2. The number of benzene rings is 1. The molecule has 0 bridgehead atoms. The van der Waals surface area contributed by atoms with E-state index in [0.717, 1.165) is 6.92 Å². The van der Waals surface area contributed by atoms with E-state index in [2.05, 4.69) is 0 Å². The normalized spacial score (nSPS) is 13.5. The monoisotopic (exact) mass is 399 g/mol. The van der Waals surface area contributed by atoms with E-state index in [-0.39, 0.29) is 6.07 Å². The predicted octanol–water partition coefficient (Wildman–Crippen LogP) is 3.95. The minimum absolute atomic E-state index is 0.00276. The topological polar surface area (TPSA) is 80.4 Å². The van der Waals surface area contributed by atoms with Gasteiger partial charge in [-0.25, -0.2) is 4.79 Å². The predicted molar refractivity (Wildman–Crippen MR) is 67.7 cm³/mol. The molecule has 1 rings (SSSR count). The number of halogens is 9. The van der Waals surface area contributed by atoms with Crippen molar-refractivity contribution in [1.82, 2.24) is 0 Å². The van der Waals surface area contributed by atoms with Crippen LogP contribution in [0.1, 0.15) is 29.5 Å². The summed E-state index contributed by atoms with van der Waals surface area (Å²) in [5.41, 5.74) is 1.53. The van der Waals surface area contributed by atoms with Crippen molar-refractivity contribution < 1.29 is 54.2 Å². The second kappa shape index (κ2) is 7.83. The molecule has 0 aromatic heterocycles. The number of nitrogens with two attached hydrogens (primary N) is 1. The Hall–Kier alpha value is -2.47. The lowest BCUT2D eigenvalue weighted by Crippen LogP contribution is -2.21. The third-order valence-corrected chi connectivity index (χ3v) is 2.78. The molecule has 0 aliphatic heterocycles. The van der Waals surface area contributed by atoms with Crippen molar-refractivity contribution in [3.8, 4) is 0 Å². The summed E-state index contributed by atoms with van der Waals surface area (Å²) in [6, 6.07) is 0.979. The first kappa shape index (κ1) is 23.5. The van der Waals surface area contributed by atoms with Gasteiger partial charge in [-0.2, -0.15) is 39.5 Å². The number of carbonyl (C=O) groups is 2. The van der Waals surface area contributed by atoms with Gasteiger partial charge in [-0.3, -0.25) is 4.79 Å². The maximum atomic E-state index is 12.5. The van der Waals surface area contributed by atoms with Gasteiger partial charge in [0.2, 0.25) is 5.91 Å². The van der Waals surface area contributed by atoms with Crippen molar-refractivity contribution in [1.29, 1.82) is 0 Å². The molecule has 148 valence electrons. The molecule has 0 spiro atoms. The molecular weight excluding hydrogens is 389 g/mol. The average Bonchev–Trinajstić information content (AvgIpc) is 2.43. The van der Waals surface area contributed by atoms with Gasteiger partial charge in [0.05, 0.1) is 17.0 Å². The number of carboxylic acid groups (broad SMARTS) is 1. The van der Waals surface area contributed by atoms with Gasteiger partial charge >= 0.3 is 24.5 Å². The summed E-state index contributed by atoms with van der Waals surface area (Å²) in [5, 5.41) is 7.12. The van der Waals surface area contributed by atoms with Crippen molar-refractivity contribution in [3.63, 3.8) is 0 Å². The Morgan fingerprint density at radius 3 is 1.38 bits per heavy atom. The van der Waals surface area contributed by atoms with Crippen LogP contribution in [-0.4, -0.2) is 23.2 Å². The van der Waals surface area contributed by atoms with Crippen molar-refractivity contribution in [2.75, 3.05) is 0 Å². The Morgan fingerprint density at radius 2 is 1.19 bits per heavy atom. The molecule has 1 atom stereocenters. The van der Waals surface area contributed by atoms with Crippen LogP contribution in [0, 0.1) is 0 Å². The second-order valence-corrected chi connectivity index (χ2v) is 4.77.